The van der Waals surface area contributed by atoms with Gasteiger partial charge in [0.2, 0.25) is 0 Å². The van der Waals surface area contributed by atoms with Gasteiger partial charge in [-0.2, -0.15) is 0 Å². The van der Waals surface area contributed by atoms with Crippen molar-refractivity contribution in [2.45, 2.75) is 19.1 Å². The molecule has 2 aromatic rings. The highest BCUT2D eigenvalue weighted by Gasteiger charge is 2.22. The minimum atomic E-state index is 0. The standard InChI is InChI=1S/C23H31N3O3.ClH/c1-17(19-6-5-7-21(14-19)28-4)24-15-22-16-26(12-13-29-22)20-10-8-18(9-11-20)23(27)25(2)3;/h5-11,14,17,22,24H,12-13,15-16H2,1-4H3;1H/t17-,22?;/m1./s1. The summed E-state index contributed by atoms with van der Waals surface area (Å²) < 4.78 is 11.3. The first kappa shape index (κ1) is 24.0. The van der Waals surface area contributed by atoms with Gasteiger partial charge in [0.05, 0.1) is 19.8 Å². The van der Waals surface area contributed by atoms with Gasteiger partial charge in [-0.1, -0.05) is 12.1 Å². The number of hydrogen-bond donors (Lipinski definition) is 1. The SMILES string of the molecule is COc1cccc([C@@H](C)NCC2CN(c3ccc(C(=O)N(C)C)cc3)CCO2)c1.Cl. The van der Waals surface area contributed by atoms with Crippen LogP contribution in [0.15, 0.2) is 48.5 Å². The molecule has 0 bridgehead atoms. The smallest absolute Gasteiger partial charge is 0.253 e. The van der Waals surface area contributed by atoms with Gasteiger partial charge >= 0.3 is 0 Å². The topological polar surface area (TPSA) is 54.0 Å². The van der Waals surface area contributed by atoms with E-state index in [4.69, 9.17) is 9.47 Å². The summed E-state index contributed by atoms with van der Waals surface area (Å²) in [5.41, 5.74) is 3.02. The third kappa shape index (κ3) is 6.11. The highest BCUT2D eigenvalue weighted by Crippen LogP contribution is 2.21. The fourth-order valence-electron chi connectivity index (χ4n) is 3.49. The zero-order chi connectivity index (χ0) is 20.8. The molecular weight excluding hydrogens is 402 g/mol. The molecule has 7 heteroatoms. The second kappa shape index (κ2) is 11.2. The molecule has 1 aliphatic rings. The van der Waals surface area contributed by atoms with Crippen LogP contribution in [0.4, 0.5) is 5.69 Å². The number of anilines is 1. The molecule has 2 atom stereocenters. The lowest BCUT2D eigenvalue weighted by Gasteiger charge is -2.35. The van der Waals surface area contributed by atoms with Gasteiger partial charge in [-0.15, -0.1) is 12.4 Å². The van der Waals surface area contributed by atoms with Crippen LogP contribution in [-0.4, -0.2) is 64.4 Å². The predicted octanol–water partition coefficient (Wildman–Crippen LogP) is 3.37. The van der Waals surface area contributed by atoms with E-state index in [0.717, 1.165) is 31.1 Å². The molecule has 1 saturated heterocycles. The summed E-state index contributed by atoms with van der Waals surface area (Å²) in [5, 5.41) is 3.57. The molecule has 0 spiro atoms. The summed E-state index contributed by atoms with van der Waals surface area (Å²) >= 11 is 0. The quantitative estimate of drug-likeness (QED) is 0.725. The third-order valence-corrected chi connectivity index (χ3v) is 5.27. The van der Waals surface area contributed by atoms with Gasteiger partial charge in [-0.05, 0) is 48.9 Å². The highest BCUT2D eigenvalue weighted by molar-refractivity contribution is 5.94. The molecule has 0 saturated carbocycles. The fourth-order valence-corrected chi connectivity index (χ4v) is 3.49. The third-order valence-electron chi connectivity index (χ3n) is 5.27. The number of ether oxygens (including phenoxy) is 2. The lowest BCUT2D eigenvalue weighted by Crippen LogP contribution is -2.47. The Morgan fingerprint density at radius 1 is 1.27 bits per heavy atom. The van der Waals surface area contributed by atoms with Crippen molar-refractivity contribution in [2.24, 2.45) is 0 Å². The van der Waals surface area contributed by atoms with Crippen molar-refractivity contribution < 1.29 is 14.3 Å². The van der Waals surface area contributed by atoms with Gasteiger partial charge in [0.1, 0.15) is 5.75 Å². The number of carbonyl (C=O) groups excluding carboxylic acids is 1. The Morgan fingerprint density at radius 3 is 2.67 bits per heavy atom. The van der Waals surface area contributed by atoms with Gasteiger partial charge in [0, 0.05) is 51.0 Å². The molecule has 2 aromatic carbocycles. The van der Waals surface area contributed by atoms with Crippen LogP contribution in [0.2, 0.25) is 0 Å². The van der Waals surface area contributed by atoms with E-state index in [1.165, 1.54) is 5.56 Å². The summed E-state index contributed by atoms with van der Waals surface area (Å²) in [5.74, 6) is 0.888. The van der Waals surface area contributed by atoms with E-state index >= 15 is 0 Å². The first-order valence-corrected chi connectivity index (χ1v) is 10.0. The Morgan fingerprint density at radius 2 is 2.00 bits per heavy atom. The highest BCUT2D eigenvalue weighted by atomic mass is 35.5. The van der Waals surface area contributed by atoms with Crippen molar-refractivity contribution in [1.29, 1.82) is 0 Å². The van der Waals surface area contributed by atoms with E-state index in [0.29, 0.717) is 12.2 Å². The maximum atomic E-state index is 12.1. The Labute approximate surface area is 185 Å². The largest absolute Gasteiger partial charge is 0.497 e. The molecule has 1 N–H and O–H groups in total. The van der Waals surface area contributed by atoms with E-state index in [1.54, 1.807) is 26.1 Å². The lowest BCUT2D eigenvalue weighted by molar-refractivity contribution is 0.0394. The van der Waals surface area contributed by atoms with Gasteiger partial charge in [0.15, 0.2) is 0 Å². The Bertz CT molecular complexity index is 814. The van der Waals surface area contributed by atoms with Crippen LogP contribution in [0.1, 0.15) is 28.9 Å². The van der Waals surface area contributed by atoms with E-state index in [9.17, 15) is 4.79 Å². The van der Waals surface area contributed by atoms with Crippen LogP contribution in [0, 0.1) is 0 Å². The molecule has 164 valence electrons. The minimum Gasteiger partial charge on any atom is -0.497 e. The molecule has 0 aliphatic carbocycles. The fraction of sp³-hybridized carbons (Fsp3) is 0.435. The Hall–Kier alpha value is -2.28. The summed E-state index contributed by atoms with van der Waals surface area (Å²) in [6.07, 6.45) is 0.111. The van der Waals surface area contributed by atoms with Crippen molar-refractivity contribution in [3.8, 4) is 5.75 Å². The zero-order valence-electron chi connectivity index (χ0n) is 18.1. The molecule has 3 rings (SSSR count). The summed E-state index contributed by atoms with van der Waals surface area (Å²) in [4.78, 5) is 16.0. The van der Waals surface area contributed by atoms with Crippen LogP contribution in [0.3, 0.4) is 0 Å². The molecule has 1 unspecified atom stereocenters. The number of rotatable bonds is 7. The van der Waals surface area contributed by atoms with Crippen LogP contribution in [-0.2, 0) is 4.74 Å². The number of hydrogen-bond acceptors (Lipinski definition) is 5. The minimum absolute atomic E-state index is 0. The Kier molecular flexibility index (Phi) is 8.96. The molecule has 1 amide bonds. The average Bonchev–Trinajstić information content (AvgIpc) is 2.77. The molecule has 1 aliphatic heterocycles. The van der Waals surface area contributed by atoms with Gasteiger partial charge in [-0.3, -0.25) is 4.79 Å². The lowest BCUT2D eigenvalue weighted by atomic mass is 10.1. The van der Waals surface area contributed by atoms with E-state index < -0.39 is 0 Å². The molecule has 1 fully saturated rings. The Balaban J connectivity index is 0.00000320. The van der Waals surface area contributed by atoms with E-state index in [-0.39, 0.29) is 30.5 Å². The van der Waals surface area contributed by atoms with Gasteiger partial charge in [-0.25, -0.2) is 0 Å². The molecule has 1 heterocycles. The van der Waals surface area contributed by atoms with Crippen molar-refractivity contribution in [2.75, 3.05) is 52.3 Å². The van der Waals surface area contributed by atoms with E-state index in [1.807, 2.05) is 36.4 Å². The van der Waals surface area contributed by atoms with Crippen molar-refractivity contribution in [3.05, 3.63) is 59.7 Å². The molecule has 0 aromatic heterocycles. The number of methoxy groups -OCH3 is 1. The molecule has 30 heavy (non-hydrogen) atoms. The number of carbonyl (C=O) groups is 1. The number of nitrogens with zero attached hydrogens (tertiary/aromatic N) is 2. The number of nitrogens with one attached hydrogen (secondary N) is 1. The summed E-state index contributed by atoms with van der Waals surface area (Å²) in [6.45, 7) is 5.28. The van der Waals surface area contributed by atoms with Crippen molar-refractivity contribution >= 4 is 24.0 Å². The van der Waals surface area contributed by atoms with Crippen molar-refractivity contribution in [3.63, 3.8) is 0 Å². The number of morpholine rings is 1. The number of amides is 1. The zero-order valence-corrected chi connectivity index (χ0v) is 18.9. The predicted molar refractivity (Wildman–Crippen MR) is 123 cm³/mol. The van der Waals surface area contributed by atoms with Gasteiger partial charge in [0.25, 0.3) is 5.91 Å². The average molecular weight is 434 g/mol. The molecule has 6 nitrogen and oxygen atoms in total. The first-order valence-electron chi connectivity index (χ1n) is 10.0. The van der Waals surface area contributed by atoms with Crippen LogP contribution in [0.25, 0.3) is 0 Å². The number of halogens is 1. The molecule has 0 radical (unpaired) electrons. The summed E-state index contributed by atoms with van der Waals surface area (Å²) in [6, 6.07) is 16.2. The van der Waals surface area contributed by atoms with Gasteiger partial charge < -0.3 is 24.6 Å². The van der Waals surface area contributed by atoms with Crippen LogP contribution in [0.5, 0.6) is 5.75 Å². The first-order chi connectivity index (χ1) is 14.0. The molecular formula is C23H32ClN3O3. The van der Waals surface area contributed by atoms with Crippen LogP contribution < -0.4 is 15.0 Å². The second-order valence-electron chi connectivity index (χ2n) is 7.59. The number of benzene rings is 2. The van der Waals surface area contributed by atoms with Crippen LogP contribution >= 0.6 is 12.4 Å². The normalized spacial score (nSPS) is 17.1. The summed E-state index contributed by atoms with van der Waals surface area (Å²) in [7, 11) is 5.22. The maximum Gasteiger partial charge on any atom is 0.253 e. The monoisotopic (exact) mass is 433 g/mol. The maximum absolute atomic E-state index is 12.1. The second-order valence-corrected chi connectivity index (χ2v) is 7.59. The van der Waals surface area contributed by atoms with E-state index in [2.05, 4.69) is 29.3 Å². The van der Waals surface area contributed by atoms with Crippen molar-refractivity contribution in [1.82, 2.24) is 10.2 Å².